The summed E-state index contributed by atoms with van der Waals surface area (Å²) in [5.41, 5.74) is 6.94. The Hall–Kier alpha value is -1.81. The van der Waals surface area contributed by atoms with Crippen molar-refractivity contribution in [3.63, 3.8) is 0 Å². The monoisotopic (exact) mass is 234 g/mol. The molecule has 0 bridgehead atoms. The van der Waals surface area contributed by atoms with Gasteiger partial charge >= 0.3 is 0 Å². The summed E-state index contributed by atoms with van der Waals surface area (Å²) in [4.78, 5) is 3.95. The lowest BCUT2D eigenvalue weighted by molar-refractivity contribution is 0.561. The summed E-state index contributed by atoms with van der Waals surface area (Å²) in [7, 11) is 0. The van der Waals surface area contributed by atoms with E-state index in [9.17, 15) is 8.78 Å². The molecule has 2 aromatic rings. The molecule has 1 heterocycles. The van der Waals surface area contributed by atoms with Crippen LogP contribution in [0.5, 0.6) is 0 Å². The number of pyridine rings is 1. The molecule has 4 heteroatoms. The Bertz CT molecular complexity index is 500. The number of rotatable bonds is 3. The molecule has 88 valence electrons. The summed E-state index contributed by atoms with van der Waals surface area (Å²) in [6, 6.07) is 6.36. The van der Waals surface area contributed by atoms with Gasteiger partial charge in [0.05, 0.1) is 0 Å². The molecule has 0 aliphatic rings. The fraction of sp³-hybridized carbons (Fsp3) is 0.154. The average Bonchev–Trinajstić information content (AvgIpc) is 2.33. The number of hydrogen-bond acceptors (Lipinski definition) is 2. The highest BCUT2D eigenvalue weighted by Gasteiger charge is 2.13. The number of nitrogens with zero attached hydrogens (tertiary/aromatic N) is 1. The first kappa shape index (κ1) is 11.7. The molecule has 1 aromatic heterocycles. The predicted octanol–water partition coefficient (Wildman–Crippen LogP) is 2.60. The Morgan fingerprint density at radius 3 is 2.76 bits per heavy atom. The molecule has 17 heavy (non-hydrogen) atoms. The minimum Gasteiger partial charge on any atom is -0.324 e. The highest BCUT2D eigenvalue weighted by atomic mass is 19.1. The van der Waals surface area contributed by atoms with Gasteiger partial charge in [-0.3, -0.25) is 4.98 Å². The number of aromatic nitrogens is 1. The number of benzene rings is 1. The quantitative estimate of drug-likeness (QED) is 0.886. The Kier molecular flexibility index (Phi) is 3.44. The van der Waals surface area contributed by atoms with E-state index < -0.39 is 17.7 Å². The van der Waals surface area contributed by atoms with Crippen LogP contribution in [0.25, 0.3) is 0 Å². The van der Waals surface area contributed by atoms with Crippen molar-refractivity contribution in [3.05, 3.63) is 65.5 Å². The van der Waals surface area contributed by atoms with E-state index in [1.54, 1.807) is 18.5 Å². The standard InChI is InChI=1S/C13H12F2N2/c14-10-3-4-12(15)11(7-10)13(16)6-9-2-1-5-17-8-9/h1-5,7-8,13H,6,16H2. The molecule has 2 rings (SSSR count). The second-order valence-corrected chi connectivity index (χ2v) is 3.84. The summed E-state index contributed by atoms with van der Waals surface area (Å²) >= 11 is 0. The Morgan fingerprint density at radius 2 is 2.06 bits per heavy atom. The largest absolute Gasteiger partial charge is 0.324 e. The van der Waals surface area contributed by atoms with Crippen LogP contribution in [0.2, 0.25) is 0 Å². The van der Waals surface area contributed by atoms with E-state index in [4.69, 9.17) is 5.73 Å². The maximum atomic E-state index is 13.5. The topological polar surface area (TPSA) is 38.9 Å². The van der Waals surface area contributed by atoms with Crippen molar-refractivity contribution in [2.75, 3.05) is 0 Å². The highest BCUT2D eigenvalue weighted by molar-refractivity contribution is 5.24. The fourth-order valence-corrected chi connectivity index (χ4v) is 1.68. The van der Waals surface area contributed by atoms with Crippen molar-refractivity contribution >= 4 is 0 Å². The molecule has 2 nitrogen and oxygen atoms in total. The first-order chi connectivity index (χ1) is 8.16. The second-order valence-electron chi connectivity index (χ2n) is 3.84. The molecular weight excluding hydrogens is 222 g/mol. The maximum absolute atomic E-state index is 13.5. The van der Waals surface area contributed by atoms with E-state index in [-0.39, 0.29) is 5.56 Å². The second kappa shape index (κ2) is 5.01. The Morgan fingerprint density at radius 1 is 1.24 bits per heavy atom. The summed E-state index contributed by atoms with van der Waals surface area (Å²) in [5.74, 6) is -0.967. The van der Waals surface area contributed by atoms with Crippen molar-refractivity contribution in [1.29, 1.82) is 0 Å². The predicted molar refractivity (Wildman–Crippen MR) is 61.2 cm³/mol. The van der Waals surface area contributed by atoms with Crippen molar-refractivity contribution in [2.24, 2.45) is 5.73 Å². The molecule has 0 saturated heterocycles. The maximum Gasteiger partial charge on any atom is 0.128 e. The van der Waals surface area contributed by atoms with Crippen LogP contribution in [-0.2, 0) is 6.42 Å². The van der Waals surface area contributed by atoms with Gasteiger partial charge in [-0.2, -0.15) is 0 Å². The van der Waals surface area contributed by atoms with E-state index in [2.05, 4.69) is 4.98 Å². The molecular formula is C13H12F2N2. The zero-order chi connectivity index (χ0) is 12.3. The summed E-state index contributed by atoms with van der Waals surface area (Å²) in [6.07, 6.45) is 3.74. The van der Waals surface area contributed by atoms with E-state index in [1.807, 2.05) is 6.07 Å². The van der Waals surface area contributed by atoms with E-state index >= 15 is 0 Å². The lowest BCUT2D eigenvalue weighted by Gasteiger charge is -2.12. The smallest absolute Gasteiger partial charge is 0.128 e. The number of hydrogen-bond donors (Lipinski definition) is 1. The van der Waals surface area contributed by atoms with Crippen LogP contribution in [0.1, 0.15) is 17.2 Å². The molecule has 0 spiro atoms. The minimum atomic E-state index is -0.574. The molecule has 2 N–H and O–H groups in total. The van der Waals surface area contributed by atoms with Crippen LogP contribution in [0, 0.1) is 11.6 Å². The number of halogens is 2. The lowest BCUT2D eigenvalue weighted by atomic mass is 10.0. The average molecular weight is 234 g/mol. The first-order valence-electron chi connectivity index (χ1n) is 5.26. The van der Waals surface area contributed by atoms with Gasteiger partial charge in [-0.15, -0.1) is 0 Å². The third kappa shape index (κ3) is 2.85. The lowest BCUT2D eigenvalue weighted by Crippen LogP contribution is -2.15. The van der Waals surface area contributed by atoms with Gasteiger partial charge in [0.2, 0.25) is 0 Å². The summed E-state index contributed by atoms with van der Waals surface area (Å²) in [6.45, 7) is 0. The van der Waals surface area contributed by atoms with Crippen LogP contribution < -0.4 is 5.73 Å². The zero-order valence-corrected chi connectivity index (χ0v) is 9.11. The van der Waals surface area contributed by atoms with Crippen LogP contribution >= 0.6 is 0 Å². The van der Waals surface area contributed by atoms with E-state index in [1.165, 1.54) is 0 Å². The van der Waals surface area contributed by atoms with Gasteiger partial charge in [0.15, 0.2) is 0 Å². The first-order valence-corrected chi connectivity index (χ1v) is 5.26. The molecule has 0 amide bonds. The summed E-state index contributed by atoms with van der Waals surface area (Å²) < 4.78 is 26.5. The van der Waals surface area contributed by atoms with Crippen molar-refractivity contribution < 1.29 is 8.78 Å². The van der Waals surface area contributed by atoms with Gasteiger partial charge in [0.1, 0.15) is 11.6 Å². The van der Waals surface area contributed by atoms with Gasteiger partial charge in [-0.25, -0.2) is 8.78 Å². The van der Waals surface area contributed by atoms with E-state index in [0.717, 1.165) is 23.8 Å². The van der Waals surface area contributed by atoms with Crippen molar-refractivity contribution in [1.82, 2.24) is 4.98 Å². The Balaban J connectivity index is 2.20. The van der Waals surface area contributed by atoms with Crippen LogP contribution in [0.4, 0.5) is 8.78 Å². The van der Waals surface area contributed by atoms with Crippen molar-refractivity contribution in [3.8, 4) is 0 Å². The van der Waals surface area contributed by atoms with Gasteiger partial charge in [0.25, 0.3) is 0 Å². The summed E-state index contributed by atoms with van der Waals surface area (Å²) in [5, 5.41) is 0. The minimum absolute atomic E-state index is 0.189. The van der Waals surface area contributed by atoms with Gasteiger partial charge in [-0.1, -0.05) is 6.07 Å². The highest BCUT2D eigenvalue weighted by Crippen LogP contribution is 2.19. The molecule has 0 saturated carbocycles. The molecule has 0 aliphatic heterocycles. The van der Waals surface area contributed by atoms with Gasteiger partial charge in [0, 0.05) is 24.0 Å². The third-order valence-corrected chi connectivity index (χ3v) is 2.54. The number of nitrogens with two attached hydrogens (primary N) is 1. The fourth-order valence-electron chi connectivity index (χ4n) is 1.68. The van der Waals surface area contributed by atoms with Crippen LogP contribution in [0.3, 0.4) is 0 Å². The molecule has 1 unspecified atom stereocenters. The molecule has 0 aliphatic carbocycles. The molecule has 1 aromatic carbocycles. The molecule has 1 atom stereocenters. The van der Waals surface area contributed by atoms with E-state index in [0.29, 0.717) is 6.42 Å². The normalized spacial score (nSPS) is 12.4. The SMILES string of the molecule is NC(Cc1cccnc1)c1cc(F)ccc1F. The van der Waals surface area contributed by atoms with Gasteiger partial charge < -0.3 is 5.73 Å². The Labute approximate surface area is 98.1 Å². The molecule has 0 radical (unpaired) electrons. The van der Waals surface area contributed by atoms with Crippen molar-refractivity contribution in [2.45, 2.75) is 12.5 Å². The van der Waals surface area contributed by atoms with Gasteiger partial charge in [-0.05, 0) is 36.2 Å². The molecule has 0 fully saturated rings. The third-order valence-electron chi connectivity index (χ3n) is 2.54. The van der Waals surface area contributed by atoms with Crippen LogP contribution in [-0.4, -0.2) is 4.98 Å². The zero-order valence-electron chi connectivity index (χ0n) is 9.11. The van der Waals surface area contributed by atoms with Crippen LogP contribution in [0.15, 0.2) is 42.7 Å².